The molecule has 1 atom stereocenters. The minimum atomic E-state index is -1.33. The number of anilines is 1. The van der Waals surface area contributed by atoms with Crippen LogP contribution in [0.25, 0.3) is 17.0 Å². The van der Waals surface area contributed by atoms with Gasteiger partial charge in [-0.25, -0.2) is 14.4 Å². The fourth-order valence-electron chi connectivity index (χ4n) is 3.95. The van der Waals surface area contributed by atoms with Crippen molar-refractivity contribution >= 4 is 52.2 Å². The van der Waals surface area contributed by atoms with E-state index in [-0.39, 0.29) is 22.4 Å². The van der Waals surface area contributed by atoms with Crippen LogP contribution >= 0.6 is 0 Å². The molecule has 178 valence electrons. The number of hydrazone groups is 1. The summed E-state index contributed by atoms with van der Waals surface area (Å²) in [6.45, 7) is 3.33. The number of carboxylic acids is 2. The second kappa shape index (κ2) is 8.90. The first-order valence-corrected chi connectivity index (χ1v) is 10.5. The number of ether oxygens (including phenoxy) is 1. The van der Waals surface area contributed by atoms with E-state index in [9.17, 15) is 29.4 Å². The quantitative estimate of drug-likeness (QED) is 0.410. The molecule has 0 spiro atoms. The molecule has 1 unspecified atom stereocenters. The van der Waals surface area contributed by atoms with Gasteiger partial charge in [-0.1, -0.05) is 18.2 Å². The van der Waals surface area contributed by atoms with Crippen LogP contribution in [0.5, 0.6) is 0 Å². The monoisotopic (exact) mass is 475 g/mol. The van der Waals surface area contributed by atoms with E-state index in [0.29, 0.717) is 11.3 Å². The Kier molecular flexibility index (Phi) is 5.96. The zero-order chi connectivity index (χ0) is 25.4. The van der Waals surface area contributed by atoms with Crippen molar-refractivity contribution in [2.75, 3.05) is 12.1 Å². The maximum Gasteiger partial charge on any atom is 0.335 e. The van der Waals surface area contributed by atoms with Crippen LogP contribution in [-0.2, 0) is 14.3 Å². The van der Waals surface area contributed by atoms with Gasteiger partial charge in [-0.05, 0) is 44.2 Å². The van der Waals surface area contributed by atoms with Gasteiger partial charge >= 0.3 is 17.9 Å². The lowest BCUT2D eigenvalue weighted by atomic mass is 10.1. The highest BCUT2D eigenvalue weighted by atomic mass is 16.5. The molecule has 1 aliphatic heterocycles. The molecule has 0 saturated heterocycles. The van der Waals surface area contributed by atoms with Gasteiger partial charge in [0.05, 0.1) is 35.2 Å². The minimum Gasteiger partial charge on any atom is -0.478 e. The maximum atomic E-state index is 13.3. The van der Waals surface area contributed by atoms with Gasteiger partial charge in [-0.3, -0.25) is 4.79 Å². The number of esters is 1. The maximum absolute atomic E-state index is 13.3. The first-order chi connectivity index (χ1) is 16.6. The Hall–Kier alpha value is -4.73. The molecule has 0 aliphatic carbocycles. The number of rotatable bonds is 6. The number of carbonyl (C=O) groups excluding carboxylic acids is 2. The summed E-state index contributed by atoms with van der Waals surface area (Å²) in [5.41, 5.74) is 1.52. The lowest BCUT2D eigenvalue weighted by Gasteiger charge is -2.13. The van der Waals surface area contributed by atoms with E-state index in [4.69, 9.17) is 4.74 Å². The second-order valence-electron chi connectivity index (χ2n) is 7.95. The molecular weight excluding hydrogens is 454 g/mol. The largest absolute Gasteiger partial charge is 0.478 e. The predicted octanol–water partition coefficient (Wildman–Crippen LogP) is 3.58. The van der Waals surface area contributed by atoms with E-state index in [0.717, 1.165) is 22.0 Å². The molecule has 2 N–H and O–H groups in total. The molecule has 2 heterocycles. The van der Waals surface area contributed by atoms with Crippen molar-refractivity contribution in [2.24, 2.45) is 5.10 Å². The molecule has 4 rings (SSSR count). The van der Waals surface area contributed by atoms with Crippen molar-refractivity contribution in [3.63, 3.8) is 0 Å². The third kappa shape index (κ3) is 4.17. The fraction of sp³-hybridized carbons (Fsp3) is 0.160. The summed E-state index contributed by atoms with van der Waals surface area (Å²) in [4.78, 5) is 48.4. The highest BCUT2D eigenvalue weighted by molar-refractivity contribution is 6.32. The molecule has 0 bridgehead atoms. The Morgan fingerprint density at radius 1 is 1.06 bits per heavy atom. The number of carboxylic acid groups (broad SMARTS) is 2. The second-order valence-corrected chi connectivity index (χ2v) is 7.95. The Labute approximate surface area is 199 Å². The number of para-hydroxylation sites is 1. The van der Waals surface area contributed by atoms with Gasteiger partial charge in [0, 0.05) is 22.7 Å². The van der Waals surface area contributed by atoms with Gasteiger partial charge < -0.3 is 19.5 Å². The first-order valence-electron chi connectivity index (χ1n) is 10.5. The molecule has 0 saturated carbocycles. The average molecular weight is 475 g/mol. The van der Waals surface area contributed by atoms with Gasteiger partial charge in [0.25, 0.3) is 5.91 Å². The van der Waals surface area contributed by atoms with Crippen LogP contribution < -0.4 is 5.01 Å². The number of carbonyl (C=O) groups is 4. The summed E-state index contributed by atoms with van der Waals surface area (Å²) in [5.74, 6) is -3.62. The van der Waals surface area contributed by atoms with Gasteiger partial charge in [0.15, 0.2) is 0 Å². The molecule has 35 heavy (non-hydrogen) atoms. The summed E-state index contributed by atoms with van der Waals surface area (Å²) < 4.78 is 6.63. The van der Waals surface area contributed by atoms with E-state index in [1.165, 1.54) is 19.2 Å². The van der Waals surface area contributed by atoms with E-state index in [2.05, 4.69) is 5.10 Å². The zero-order valence-electron chi connectivity index (χ0n) is 19.1. The summed E-state index contributed by atoms with van der Waals surface area (Å²) in [5, 5.41) is 24.7. The number of hydrogen-bond donors (Lipinski definition) is 2. The van der Waals surface area contributed by atoms with Crippen LogP contribution in [0.15, 0.2) is 59.3 Å². The van der Waals surface area contributed by atoms with Crippen molar-refractivity contribution in [3.05, 3.63) is 70.9 Å². The van der Waals surface area contributed by atoms with Gasteiger partial charge in [-0.15, -0.1) is 0 Å². The van der Waals surface area contributed by atoms with Crippen LogP contribution in [0.1, 0.15) is 46.2 Å². The van der Waals surface area contributed by atoms with Crippen molar-refractivity contribution in [2.45, 2.75) is 19.9 Å². The molecule has 3 aromatic rings. The molecule has 0 fully saturated rings. The van der Waals surface area contributed by atoms with Crippen molar-refractivity contribution in [1.29, 1.82) is 0 Å². The fourth-order valence-corrected chi connectivity index (χ4v) is 3.95. The molecule has 2 aromatic carbocycles. The smallest absolute Gasteiger partial charge is 0.335 e. The summed E-state index contributed by atoms with van der Waals surface area (Å²) >= 11 is 0. The molecule has 1 amide bonds. The average Bonchev–Trinajstić information content (AvgIpc) is 3.35. The third-order valence-electron chi connectivity index (χ3n) is 5.75. The molecule has 1 aromatic heterocycles. The predicted molar refractivity (Wildman–Crippen MR) is 128 cm³/mol. The minimum absolute atomic E-state index is 0.0248. The Bertz CT molecular complexity index is 1430. The van der Waals surface area contributed by atoms with Crippen LogP contribution in [-0.4, -0.2) is 51.4 Å². The normalized spacial score (nSPS) is 15.4. The third-order valence-corrected chi connectivity index (χ3v) is 5.75. The highest BCUT2D eigenvalue weighted by Gasteiger charge is 2.30. The molecule has 10 nitrogen and oxygen atoms in total. The number of fused-ring (bicyclic) bond motifs is 1. The number of hydrogen-bond acceptors (Lipinski definition) is 6. The van der Waals surface area contributed by atoms with Gasteiger partial charge in [0.2, 0.25) is 0 Å². The number of aromatic carboxylic acids is 2. The molecule has 0 radical (unpaired) electrons. The Morgan fingerprint density at radius 3 is 2.29 bits per heavy atom. The summed E-state index contributed by atoms with van der Waals surface area (Å²) in [6, 6.07) is 10.2. The first kappa shape index (κ1) is 23.4. The zero-order valence-corrected chi connectivity index (χ0v) is 19.1. The lowest BCUT2D eigenvalue weighted by molar-refractivity contribution is -0.143. The highest BCUT2D eigenvalue weighted by Crippen LogP contribution is 2.31. The SMILES string of the molecule is COC(=O)C(C)n1cc(/C=C2\C(=O)N(c3cc(C(=O)O)cc(C(=O)O)c3)N=C2C)c2ccccc21. The van der Waals surface area contributed by atoms with Crippen LogP contribution in [0, 0.1) is 0 Å². The van der Waals surface area contributed by atoms with Crippen LogP contribution in [0.2, 0.25) is 0 Å². The molecular formula is C25H21N3O7. The van der Waals surface area contributed by atoms with Gasteiger partial charge in [-0.2, -0.15) is 10.1 Å². The van der Waals surface area contributed by atoms with E-state index in [1.54, 1.807) is 30.7 Å². The lowest BCUT2D eigenvalue weighted by Crippen LogP contribution is -2.22. The number of aromatic nitrogens is 1. The van der Waals surface area contributed by atoms with E-state index >= 15 is 0 Å². The number of nitrogens with zero attached hydrogens (tertiary/aromatic N) is 3. The van der Waals surface area contributed by atoms with E-state index < -0.39 is 29.9 Å². The Balaban J connectivity index is 1.79. The van der Waals surface area contributed by atoms with Crippen LogP contribution in [0.4, 0.5) is 5.69 Å². The van der Waals surface area contributed by atoms with E-state index in [1.807, 2.05) is 24.3 Å². The number of methoxy groups -OCH3 is 1. The van der Waals surface area contributed by atoms with Crippen molar-refractivity contribution < 1.29 is 34.1 Å². The number of amides is 1. The summed E-state index contributed by atoms with van der Waals surface area (Å²) in [7, 11) is 1.31. The Morgan fingerprint density at radius 2 is 1.69 bits per heavy atom. The van der Waals surface area contributed by atoms with Crippen molar-refractivity contribution in [3.8, 4) is 0 Å². The molecule has 1 aliphatic rings. The summed E-state index contributed by atoms with van der Waals surface area (Å²) in [6.07, 6.45) is 3.39. The number of benzene rings is 2. The van der Waals surface area contributed by atoms with Crippen molar-refractivity contribution in [1.82, 2.24) is 4.57 Å². The standard InChI is InChI=1S/C25H21N3O7/c1-13-20(11-17-12-27(14(2)25(34)35-3)21-7-5-4-6-19(17)21)22(29)28(26-13)18-9-15(23(30)31)8-16(10-18)24(32)33/h4-12,14H,1-3H3,(H,30,31)(H,32,33)/b20-11-. The topological polar surface area (TPSA) is 138 Å². The van der Waals surface area contributed by atoms with Gasteiger partial charge in [0.1, 0.15) is 6.04 Å². The molecule has 10 heteroatoms. The van der Waals surface area contributed by atoms with Crippen LogP contribution in [0.3, 0.4) is 0 Å².